The van der Waals surface area contributed by atoms with Crippen LogP contribution in [0.15, 0.2) is 11.9 Å². The molecule has 0 amide bonds. The first-order valence-corrected chi connectivity index (χ1v) is 5.93. The Balaban J connectivity index is 2.08. The van der Waals surface area contributed by atoms with Gasteiger partial charge in [0.1, 0.15) is 0 Å². The molecule has 3 fully saturated rings. The van der Waals surface area contributed by atoms with Gasteiger partial charge < -0.3 is 10.2 Å². The minimum Gasteiger partial charge on any atom is -0.364 e. The number of fused-ring (bicyclic) bond motifs is 2. The molecule has 3 rings (SSSR count). The zero-order valence-corrected chi connectivity index (χ0v) is 9.54. The molecule has 2 saturated heterocycles. The molecule has 16 heavy (non-hydrogen) atoms. The number of hydrogen-bond donors (Lipinski definition) is 2. The summed E-state index contributed by atoms with van der Waals surface area (Å²) in [5.74, 6) is -1.75. The zero-order valence-electron chi connectivity index (χ0n) is 9.54. The van der Waals surface area contributed by atoms with Crippen molar-refractivity contribution in [2.45, 2.75) is 43.9 Å². The fraction of sp³-hybridized carbons (Fsp3) is 0.833. The summed E-state index contributed by atoms with van der Waals surface area (Å²) < 4.78 is 12.7. The average Bonchev–Trinajstić information content (AvgIpc) is 2.77. The molecule has 4 heteroatoms. The van der Waals surface area contributed by atoms with Crippen molar-refractivity contribution in [2.75, 3.05) is 13.1 Å². The number of halogens is 1. The Morgan fingerprint density at radius 3 is 2.56 bits per heavy atom. The van der Waals surface area contributed by atoms with Crippen molar-refractivity contribution < 1.29 is 14.6 Å². The van der Waals surface area contributed by atoms with Gasteiger partial charge in [-0.05, 0) is 50.1 Å². The van der Waals surface area contributed by atoms with Crippen LogP contribution in [0.25, 0.3) is 0 Å². The minimum absolute atomic E-state index is 0.0238. The zero-order chi connectivity index (χ0) is 11.6. The van der Waals surface area contributed by atoms with E-state index in [0.29, 0.717) is 24.9 Å². The number of nitrogens with zero attached hydrogens (tertiary/aromatic N) is 1. The fourth-order valence-electron chi connectivity index (χ4n) is 4.08. The lowest BCUT2D eigenvalue weighted by Gasteiger charge is -2.45. The maximum Gasteiger partial charge on any atom is 0.179 e. The molecule has 3 nitrogen and oxygen atoms in total. The van der Waals surface area contributed by atoms with E-state index >= 15 is 0 Å². The van der Waals surface area contributed by atoms with Crippen molar-refractivity contribution >= 4 is 0 Å². The Bertz CT molecular complexity index is 357. The third-order valence-electron chi connectivity index (χ3n) is 4.95. The molecule has 0 radical (unpaired) electrons. The van der Waals surface area contributed by atoms with Crippen LogP contribution in [0.1, 0.15) is 32.6 Å². The van der Waals surface area contributed by atoms with Gasteiger partial charge in [-0.1, -0.05) is 0 Å². The van der Waals surface area contributed by atoms with Gasteiger partial charge in [-0.25, -0.2) is 4.39 Å². The average molecular weight is 227 g/mol. The van der Waals surface area contributed by atoms with Gasteiger partial charge in [-0.3, -0.25) is 4.90 Å². The second kappa shape index (κ2) is 2.86. The van der Waals surface area contributed by atoms with Crippen LogP contribution in [0.4, 0.5) is 4.39 Å². The van der Waals surface area contributed by atoms with Gasteiger partial charge in [-0.15, -0.1) is 0 Å². The smallest absolute Gasteiger partial charge is 0.179 e. The second-order valence-corrected chi connectivity index (χ2v) is 5.78. The summed E-state index contributed by atoms with van der Waals surface area (Å²) in [6.45, 7) is 2.86. The first-order valence-electron chi connectivity index (χ1n) is 5.93. The quantitative estimate of drug-likeness (QED) is 0.661. The molecule has 1 aliphatic carbocycles. The molecule has 0 aromatic rings. The van der Waals surface area contributed by atoms with Crippen molar-refractivity contribution in [3.63, 3.8) is 0 Å². The van der Waals surface area contributed by atoms with Crippen molar-refractivity contribution in [1.29, 1.82) is 0 Å². The summed E-state index contributed by atoms with van der Waals surface area (Å²) in [4.78, 5) is 2.07. The standard InChI is InChI=1S/C12H18FNO2/c1-10(15,16)12-6-9(7-13)8-14(12)5-4-11(12)2-3-11/h7,15-16H,2-6,8H2,1H3/b9-7+. The Labute approximate surface area is 94.6 Å². The highest BCUT2D eigenvalue weighted by molar-refractivity contribution is 5.31. The van der Waals surface area contributed by atoms with E-state index in [4.69, 9.17) is 0 Å². The molecule has 1 spiro atoms. The van der Waals surface area contributed by atoms with Crippen LogP contribution >= 0.6 is 0 Å². The first-order chi connectivity index (χ1) is 7.45. The van der Waals surface area contributed by atoms with E-state index in [0.717, 1.165) is 25.8 Å². The van der Waals surface area contributed by atoms with Crippen LogP contribution in [0, 0.1) is 5.41 Å². The van der Waals surface area contributed by atoms with E-state index in [1.807, 2.05) is 0 Å². The molecule has 1 atom stereocenters. The van der Waals surface area contributed by atoms with Crippen LogP contribution < -0.4 is 0 Å². The maximum absolute atomic E-state index is 12.7. The molecule has 1 saturated carbocycles. The van der Waals surface area contributed by atoms with Gasteiger partial charge in [0.25, 0.3) is 0 Å². The largest absolute Gasteiger partial charge is 0.364 e. The molecule has 0 aromatic carbocycles. The van der Waals surface area contributed by atoms with E-state index in [1.54, 1.807) is 0 Å². The Hall–Kier alpha value is -0.450. The van der Waals surface area contributed by atoms with Crippen LogP contribution in [0.2, 0.25) is 0 Å². The van der Waals surface area contributed by atoms with Crippen molar-refractivity contribution in [1.82, 2.24) is 4.90 Å². The van der Waals surface area contributed by atoms with E-state index in [1.165, 1.54) is 6.92 Å². The Morgan fingerprint density at radius 1 is 1.38 bits per heavy atom. The van der Waals surface area contributed by atoms with E-state index in [9.17, 15) is 14.6 Å². The van der Waals surface area contributed by atoms with Gasteiger partial charge in [0.15, 0.2) is 5.79 Å². The molecule has 0 bridgehead atoms. The van der Waals surface area contributed by atoms with Gasteiger partial charge >= 0.3 is 0 Å². The number of hydrogen-bond acceptors (Lipinski definition) is 3. The number of rotatable bonds is 1. The fourth-order valence-corrected chi connectivity index (χ4v) is 4.08. The van der Waals surface area contributed by atoms with Crippen molar-refractivity contribution in [3.05, 3.63) is 11.9 Å². The highest BCUT2D eigenvalue weighted by atomic mass is 19.1. The van der Waals surface area contributed by atoms with Gasteiger partial charge in [-0.2, -0.15) is 0 Å². The van der Waals surface area contributed by atoms with Crippen LogP contribution in [0.5, 0.6) is 0 Å². The van der Waals surface area contributed by atoms with Crippen molar-refractivity contribution in [2.24, 2.45) is 5.41 Å². The topological polar surface area (TPSA) is 43.7 Å². The normalized spacial score (nSPS) is 39.6. The lowest BCUT2D eigenvalue weighted by atomic mass is 9.73. The highest BCUT2D eigenvalue weighted by Crippen LogP contribution is 2.69. The molecule has 2 heterocycles. The van der Waals surface area contributed by atoms with Crippen LogP contribution in [-0.2, 0) is 0 Å². The molecular weight excluding hydrogens is 209 g/mol. The molecule has 2 N–H and O–H groups in total. The molecule has 2 aliphatic heterocycles. The Kier molecular flexibility index (Phi) is 1.91. The molecule has 1 unspecified atom stereocenters. The van der Waals surface area contributed by atoms with Crippen molar-refractivity contribution in [3.8, 4) is 0 Å². The summed E-state index contributed by atoms with van der Waals surface area (Å²) in [6.07, 6.45) is 4.21. The predicted octanol–water partition coefficient (Wildman–Crippen LogP) is 1.17. The van der Waals surface area contributed by atoms with Crippen LogP contribution in [-0.4, -0.2) is 39.5 Å². The second-order valence-electron chi connectivity index (χ2n) is 5.78. The monoisotopic (exact) mass is 227 g/mol. The van der Waals surface area contributed by atoms with Gasteiger partial charge in [0.2, 0.25) is 0 Å². The molecule has 3 aliphatic rings. The van der Waals surface area contributed by atoms with Gasteiger partial charge in [0, 0.05) is 6.54 Å². The summed E-state index contributed by atoms with van der Waals surface area (Å²) >= 11 is 0. The minimum atomic E-state index is -1.75. The summed E-state index contributed by atoms with van der Waals surface area (Å²) in [5, 5.41) is 20.3. The number of aliphatic hydroxyl groups is 2. The third-order valence-corrected chi connectivity index (χ3v) is 4.95. The Morgan fingerprint density at radius 2 is 2.06 bits per heavy atom. The highest BCUT2D eigenvalue weighted by Gasteiger charge is 2.73. The SMILES string of the molecule is CC(O)(O)C12C/C(=C\F)CN1CCC21CC1. The van der Waals surface area contributed by atoms with Crippen LogP contribution in [0.3, 0.4) is 0 Å². The molecule has 0 aromatic heterocycles. The molecular formula is C12H18FNO2. The maximum atomic E-state index is 12.7. The lowest BCUT2D eigenvalue weighted by molar-refractivity contribution is -0.236. The summed E-state index contributed by atoms with van der Waals surface area (Å²) in [7, 11) is 0. The van der Waals surface area contributed by atoms with E-state index < -0.39 is 11.3 Å². The summed E-state index contributed by atoms with van der Waals surface area (Å²) in [5.41, 5.74) is 0.0776. The summed E-state index contributed by atoms with van der Waals surface area (Å²) in [6, 6.07) is 0. The first kappa shape index (κ1) is 10.7. The van der Waals surface area contributed by atoms with E-state index in [2.05, 4.69) is 4.90 Å². The predicted molar refractivity (Wildman–Crippen MR) is 57.2 cm³/mol. The van der Waals surface area contributed by atoms with Gasteiger partial charge in [0.05, 0.1) is 11.9 Å². The van der Waals surface area contributed by atoms with E-state index in [-0.39, 0.29) is 5.41 Å². The molecule has 90 valence electrons. The lowest BCUT2D eigenvalue weighted by Crippen LogP contribution is -2.61. The third kappa shape index (κ3) is 1.03.